The molecule has 9 N–H and O–H groups in total. The van der Waals surface area contributed by atoms with Crippen molar-refractivity contribution in [1.29, 1.82) is 0 Å². The van der Waals surface area contributed by atoms with Crippen molar-refractivity contribution in [2.75, 3.05) is 19.6 Å². The van der Waals surface area contributed by atoms with Crippen LogP contribution >= 0.6 is 0 Å². The van der Waals surface area contributed by atoms with Gasteiger partial charge in [0.25, 0.3) is 0 Å². The van der Waals surface area contributed by atoms with Crippen molar-refractivity contribution in [1.82, 2.24) is 21.3 Å². The zero-order valence-electron chi connectivity index (χ0n) is 45.0. The fourth-order valence-electron chi connectivity index (χ4n) is 4.76. The molecule has 0 atom stereocenters. The highest BCUT2D eigenvalue weighted by Gasteiger charge is 2.20. The standard InChI is InChI=1S/C31H46N2O3.C12H18N2O2.C9H16N2O2.C5H6O3.CH4/c1-5-6-7-8-9-10-11-12-13-14-15-16-17-18-19-20-21-22-23-24-29(35)32-27-31(3,4)33-30(36)26-25-28(2)34;1-12(2,13)9-14-11(15)16-8-10-6-4-3-5-7-10;1-7(12)4-5-8(13)11-9(2,3)6-10;1-4(6)2-3-5(7)8;/h6-7,9-10,12-13,15-16,18-19,21-22,25-26H,5,8,11,14,17,20,23-24,27H2,1-4H3,(H,32,35)(H,33,36);3-7H,8-9,13H2,1-2H3,(H,14,15);4-5H,6,10H2,1-3H3,(H,11,13);2-3H,1H3,(H,7,8);1H4/b7-6-,10-9-,13-12-,16-15-,19-18-,22-21-,26-25+;;5-4+;3-2+;. The molecule has 1 aromatic carbocycles. The average Bonchev–Trinajstić information content (AvgIpc) is 3.31. The molecule has 0 saturated heterocycles. The van der Waals surface area contributed by atoms with E-state index in [0.717, 1.165) is 56.2 Å². The maximum atomic E-state index is 12.0. The molecule has 1 aromatic rings. The number of carbonyl (C=O) groups is 8. The van der Waals surface area contributed by atoms with Crippen LogP contribution in [0.15, 0.2) is 140 Å². The molecule has 0 heterocycles. The molecule has 412 valence electrons. The molecular formula is C58H90N6O10. The van der Waals surface area contributed by atoms with E-state index >= 15 is 0 Å². The lowest BCUT2D eigenvalue weighted by Gasteiger charge is -2.26. The summed E-state index contributed by atoms with van der Waals surface area (Å²) in [5, 5.41) is 18.8. The smallest absolute Gasteiger partial charge is 0.407 e. The number of amides is 4. The molecule has 0 fully saturated rings. The summed E-state index contributed by atoms with van der Waals surface area (Å²) in [6.45, 7) is 18.5. The van der Waals surface area contributed by atoms with Crippen molar-refractivity contribution >= 4 is 47.1 Å². The summed E-state index contributed by atoms with van der Waals surface area (Å²) in [5.74, 6) is -2.41. The molecule has 0 saturated carbocycles. The number of aliphatic carboxylic acids is 1. The third-order valence-corrected chi connectivity index (χ3v) is 8.60. The van der Waals surface area contributed by atoms with Crippen molar-refractivity contribution in [3.63, 3.8) is 0 Å². The number of carbonyl (C=O) groups excluding carboxylic acids is 7. The summed E-state index contributed by atoms with van der Waals surface area (Å²) in [6.07, 6.45) is 39.0. The van der Waals surface area contributed by atoms with Crippen LogP contribution in [0.4, 0.5) is 4.79 Å². The Hall–Kier alpha value is -7.04. The number of rotatable bonds is 29. The minimum absolute atomic E-state index is 0. The van der Waals surface area contributed by atoms with E-state index in [0.29, 0.717) is 32.5 Å². The largest absolute Gasteiger partial charge is 0.478 e. The third kappa shape index (κ3) is 59.3. The molecule has 74 heavy (non-hydrogen) atoms. The van der Waals surface area contributed by atoms with Gasteiger partial charge >= 0.3 is 12.1 Å². The van der Waals surface area contributed by atoms with Crippen LogP contribution < -0.4 is 32.7 Å². The number of hydrogen-bond acceptors (Lipinski definition) is 11. The molecule has 0 unspecified atom stereocenters. The van der Waals surface area contributed by atoms with Gasteiger partial charge in [0.1, 0.15) is 6.61 Å². The molecule has 0 radical (unpaired) electrons. The number of carboxylic acid groups (broad SMARTS) is 1. The predicted octanol–water partition coefficient (Wildman–Crippen LogP) is 9.11. The molecule has 16 heteroatoms. The highest BCUT2D eigenvalue weighted by Crippen LogP contribution is 2.04. The summed E-state index contributed by atoms with van der Waals surface area (Å²) >= 11 is 0. The molecule has 0 aliphatic carbocycles. The van der Waals surface area contributed by atoms with Gasteiger partial charge in [0, 0.05) is 55.4 Å². The van der Waals surface area contributed by atoms with E-state index in [9.17, 15) is 38.4 Å². The minimum atomic E-state index is -1.10. The van der Waals surface area contributed by atoms with Gasteiger partial charge in [-0.05, 0) is 131 Å². The predicted molar refractivity (Wildman–Crippen MR) is 301 cm³/mol. The molecule has 4 amide bonds. The van der Waals surface area contributed by atoms with E-state index in [4.69, 9.17) is 21.3 Å². The number of nitrogens with one attached hydrogen (secondary N) is 4. The van der Waals surface area contributed by atoms with Crippen molar-refractivity contribution in [2.24, 2.45) is 11.5 Å². The van der Waals surface area contributed by atoms with Gasteiger partial charge in [-0.25, -0.2) is 9.59 Å². The highest BCUT2D eigenvalue weighted by molar-refractivity contribution is 5.97. The monoisotopic (exact) mass is 1030 g/mol. The van der Waals surface area contributed by atoms with Gasteiger partial charge in [-0.2, -0.15) is 0 Å². The third-order valence-electron chi connectivity index (χ3n) is 8.60. The van der Waals surface area contributed by atoms with Crippen molar-refractivity contribution < 1.29 is 48.2 Å². The van der Waals surface area contributed by atoms with Gasteiger partial charge < -0.3 is 42.6 Å². The Bertz CT molecular complexity index is 2050. The van der Waals surface area contributed by atoms with Crippen LogP contribution in [0, 0.1) is 0 Å². The first-order chi connectivity index (χ1) is 34.2. The molecular weight excluding hydrogens is 941 g/mol. The summed E-state index contributed by atoms with van der Waals surface area (Å²) < 4.78 is 5.02. The van der Waals surface area contributed by atoms with Gasteiger partial charge in [0.15, 0.2) is 17.3 Å². The number of allylic oxidation sites excluding steroid dienone is 15. The second-order valence-corrected chi connectivity index (χ2v) is 18.3. The Labute approximate surface area is 442 Å². The molecule has 1 rings (SSSR count). The second-order valence-electron chi connectivity index (χ2n) is 18.3. The molecule has 0 aliphatic heterocycles. The maximum absolute atomic E-state index is 12.0. The highest BCUT2D eigenvalue weighted by atomic mass is 16.5. The number of ketones is 3. The minimum Gasteiger partial charge on any atom is -0.478 e. The Morgan fingerprint density at radius 3 is 1.35 bits per heavy atom. The number of nitrogens with two attached hydrogens (primary N) is 2. The van der Waals surface area contributed by atoms with Crippen LogP contribution in [0.25, 0.3) is 0 Å². The lowest BCUT2D eigenvalue weighted by atomic mass is 10.1. The van der Waals surface area contributed by atoms with Gasteiger partial charge in [-0.3, -0.25) is 28.8 Å². The Morgan fingerprint density at radius 1 is 0.568 bits per heavy atom. The fourth-order valence-corrected chi connectivity index (χ4v) is 4.76. The van der Waals surface area contributed by atoms with Crippen LogP contribution in [0.3, 0.4) is 0 Å². The van der Waals surface area contributed by atoms with Gasteiger partial charge in [-0.15, -0.1) is 0 Å². The molecule has 0 spiro atoms. The first kappa shape index (κ1) is 73.5. The van der Waals surface area contributed by atoms with E-state index in [1.54, 1.807) is 0 Å². The fraction of sp³-hybridized carbons (Fsp3) is 0.448. The lowest BCUT2D eigenvalue weighted by molar-refractivity contribution is -0.131. The molecule has 0 aliphatic rings. The number of hydrogen-bond donors (Lipinski definition) is 7. The van der Waals surface area contributed by atoms with E-state index in [-0.39, 0.29) is 49.1 Å². The average molecular weight is 1030 g/mol. The normalized spacial score (nSPS) is 11.8. The van der Waals surface area contributed by atoms with E-state index in [1.807, 2.05) is 78.0 Å². The Balaban J connectivity index is -0.000000525. The summed E-state index contributed by atoms with van der Waals surface area (Å²) in [5.41, 5.74) is 10.6. The Kier molecular flexibility index (Phi) is 45.5. The zero-order valence-corrected chi connectivity index (χ0v) is 45.0. The van der Waals surface area contributed by atoms with Crippen LogP contribution in [0.5, 0.6) is 0 Å². The molecule has 16 nitrogen and oxygen atoms in total. The number of ether oxygens (including phenoxy) is 1. The van der Waals surface area contributed by atoms with E-state index < -0.39 is 28.7 Å². The second kappa shape index (κ2) is 45.8. The topological polar surface area (TPSA) is 266 Å². The van der Waals surface area contributed by atoms with Crippen molar-refractivity contribution in [3.05, 3.63) is 145 Å². The number of carboxylic acids is 1. The van der Waals surface area contributed by atoms with Crippen molar-refractivity contribution in [3.8, 4) is 0 Å². The SMILES string of the molecule is C.CC(=O)/C=C/C(=O)NC(C)(C)CN.CC(=O)/C=C/C(=O)O.CC(C)(N)CNC(=O)OCc1ccccc1.CC/C=C\C/C=C\C/C=C\C/C=C\C/C=C\C/C=C\CCC(=O)NCC(C)(C)NC(=O)/C=C/C(C)=O. The lowest BCUT2D eigenvalue weighted by Crippen LogP contribution is -2.51. The van der Waals surface area contributed by atoms with Crippen LogP contribution in [0.1, 0.15) is 134 Å². The Morgan fingerprint density at radius 2 is 0.973 bits per heavy atom. The van der Waals surface area contributed by atoms with E-state index in [1.165, 1.54) is 45.1 Å². The van der Waals surface area contributed by atoms with Crippen LogP contribution in [0.2, 0.25) is 0 Å². The van der Waals surface area contributed by atoms with Crippen LogP contribution in [-0.2, 0) is 44.9 Å². The van der Waals surface area contributed by atoms with Gasteiger partial charge in [-0.1, -0.05) is 118 Å². The summed E-state index contributed by atoms with van der Waals surface area (Å²) in [6, 6.07) is 9.53. The van der Waals surface area contributed by atoms with Gasteiger partial charge in [0.05, 0.1) is 5.54 Å². The maximum Gasteiger partial charge on any atom is 0.407 e. The quantitative estimate of drug-likeness (QED) is 0.0293. The van der Waals surface area contributed by atoms with Crippen LogP contribution in [-0.4, -0.2) is 88.5 Å². The van der Waals surface area contributed by atoms with Gasteiger partial charge in [0.2, 0.25) is 17.7 Å². The number of alkyl carbamates (subject to hydrolysis) is 1. The summed E-state index contributed by atoms with van der Waals surface area (Å²) in [7, 11) is 0. The van der Waals surface area contributed by atoms with Crippen molar-refractivity contribution in [2.45, 2.75) is 151 Å². The first-order valence-electron chi connectivity index (χ1n) is 24.3. The van der Waals surface area contributed by atoms with E-state index in [2.05, 4.69) is 95.0 Å². The number of benzene rings is 1. The summed E-state index contributed by atoms with van der Waals surface area (Å²) in [4.78, 5) is 87.2. The first-order valence-corrected chi connectivity index (χ1v) is 24.3. The zero-order chi connectivity index (χ0) is 56.0. The molecule has 0 aromatic heterocycles. The molecule has 0 bridgehead atoms.